The number of hydrogen-bond acceptors (Lipinski definition) is 6. The van der Waals surface area contributed by atoms with Crippen LogP contribution in [0.1, 0.15) is 11.3 Å². The standard InChI is InChI=1S/C23H24N6O2/c1-27-19-3-2-4-20(17(19)5-6-22(27)30)31-15-13-28(14-15)23-16-7-10-24-11-8-18(16)26-21-9-12-25-29(21)23/h2-6,9,12,15,24H,7-8,10-11,13-14H2,1H3. The molecule has 8 nitrogen and oxygen atoms in total. The zero-order valence-corrected chi connectivity index (χ0v) is 17.4. The van der Waals surface area contributed by atoms with E-state index in [1.165, 1.54) is 11.3 Å². The molecule has 3 aromatic heterocycles. The average Bonchev–Trinajstić information content (AvgIpc) is 3.09. The predicted molar refractivity (Wildman–Crippen MR) is 119 cm³/mol. The number of nitrogens with zero attached hydrogens (tertiary/aromatic N) is 5. The highest BCUT2D eigenvalue weighted by Gasteiger charge is 2.33. The van der Waals surface area contributed by atoms with Crippen molar-refractivity contribution in [2.75, 3.05) is 31.1 Å². The fourth-order valence-electron chi connectivity index (χ4n) is 4.69. The average molecular weight is 416 g/mol. The number of anilines is 1. The van der Waals surface area contributed by atoms with E-state index in [0.717, 1.165) is 67.1 Å². The van der Waals surface area contributed by atoms with E-state index in [2.05, 4.69) is 15.3 Å². The van der Waals surface area contributed by atoms with Crippen LogP contribution >= 0.6 is 0 Å². The van der Waals surface area contributed by atoms with Crippen LogP contribution in [0.2, 0.25) is 0 Å². The largest absolute Gasteiger partial charge is 0.486 e. The van der Waals surface area contributed by atoms with E-state index in [9.17, 15) is 4.79 Å². The Morgan fingerprint density at radius 3 is 2.87 bits per heavy atom. The molecule has 1 N–H and O–H groups in total. The van der Waals surface area contributed by atoms with Gasteiger partial charge < -0.3 is 19.5 Å². The Labute approximate surface area is 179 Å². The minimum Gasteiger partial charge on any atom is -0.486 e. The molecule has 0 atom stereocenters. The normalized spacial score (nSPS) is 16.9. The van der Waals surface area contributed by atoms with Crippen molar-refractivity contribution >= 4 is 22.4 Å². The zero-order chi connectivity index (χ0) is 20.9. The Balaban J connectivity index is 1.29. The predicted octanol–water partition coefficient (Wildman–Crippen LogP) is 1.54. The summed E-state index contributed by atoms with van der Waals surface area (Å²) >= 11 is 0. The van der Waals surface area contributed by atoms with Crippen LogP contribution in [-0.2, 0) is 19.9 Å². The minimum absolute atomic E-state index is 0.0180. The van der Waals surface area contributed by atoms with Gasteiger partial charge in [-0.15, -0.1) is 0 Å². The molecule has 158 valence electrons. The first kappa shape index (κ1) is 18.4. The van der Waals surface area contributed by atoms with Crippen molar-refractivity contribution in [2.45, 2.75) is 18.9 Å². The maximum Gasteiger partial charge on any atom is 0.250 e. The summed E-state index contributed by atoms with van der Waals surface area (Å²) in [6.45, 7) is 3.50. The van der Waals surface area contributed by atoms with Crippen LogP contribution in [0.5, 0.6) is 5.75 Å². The molecule has 0 saturated carbocycles. The van der Waals surface area contributed by atoms with E-state index < -0.39 is 0 Å². The summed E-state index contributed by atoms with van der Waals surface area (Å²) in [5, 5.41) is 8.98. The Bertz CT molecular complexity index is 1350. The van der Waals surface area contributed by atoms with Crippen molar-refractivity contribution in [3.63, 3.8) is 0 Å². The number of aromatic nitrogens is 4. The summed E-state index contributed by atoms with van der Waals surface area (Å²) in [4.78, 5) is 19.2. The van der Waals surface area contributed by atoms with Crippen molar-refractivity contribution in [2.24, 2.45) is 7.05 Å². The van der Waals surface area contributed by atoms with Gasteiger partial charge in [0.1, 0.15) is 17.7 Å². The summed E-state index contributed by atoms with van der Waals surface area (Å²) in [6, 6.07) is 11.3. The molecule has 1 fully saturated rings. The molecular formula is C23H24N6O2. The molecule has 5 heterocycles. The van der Waals surface area contributed by atoms with Gasteiger partial charge in [0.05, 0.1) is 30.5 Å². The summed E-state index contributed by atoms with van der Waals surface area (Å²) in [5.74, 6) is 1.97. The molecule has 1 saturated heterocycles. The van der Waals surface area contributed by atoms with Gasteiger partial charge in [-0.3, -0.25) is 4.79 Å². The molecule has 2 aliphatic heterocycles. The van der Waals surface area contributed by atoms with E-state index in [4.69, 9.17) is 9.72 Å². The third kappa shape index (κ3) is 2.97. The van der Waals surface area contributed by atoms with E-state index in [-0.39, 0.29) is 11.7 Å². The Morgan fingerprint density at radius 1 is 1.10 bits per heavy atom. The van der Waals surface area contributed by atoms with Gasteiger partial charge >= 0.3 is 0 Å². The maximum absolute atomic E-state index is 12.0. The van der Waals surface area contributed by atoms with Gasteiger partial charge in [0.2, 0.25) is 0 Å². The molecule has 0 amide bonds. The number of pyridine rings is 1. The van der Waals surface area contributed by atoms with Crippen molar-refractivity contribution < 1.29 is 4.74 Å². The number of hydrogen-bond donors (Lipinski definition) is 1. The lowest BCUT2D eigenvalue weighted by atomic mass is 10.1. The molecule has 0 spiro atoms. The van der Waals surface area contributed by atoms with Gasteiger partial charge in [-0.05, 0) is 31.2 Å². The molecule has 1 aromatic carbocycles. The van der Waals surface area contributed by atoms with Gasteiger partial charge in [0, 0.05) is 43.1 Å². The van der Waals surface area contributed by atoms with Gasteiger partial charge in [-0.2, -0.15) is 9.61 Å². The monoisotopic (exact) mass is 416 g/mol. The lowest BCUT2D eigenvalue weighted by molar-refractivity contribution is 0.168. The number of fused-ring (bicyclic) bond motifs is 3. The highest BCUT2D eigenvalue weighted by molar-refractivity contribution is 5.85. The highest BCUT2D eigenvalue weighted by Crippen LogP contribution is 2.32. The summed E-state index contributed by atoms with van der Waals surface area (Å²) in [6.07, 6.45) is 3.79. The second-order valence-corrected chi connectivity index (χ2v) is 8.28. The first-order chi connectivity index (χ1) is 15.2. The van der Waals surface area contributed by atoms with Crippen LogP contribution in [0.4, 0.5) is 5.82 Å². The molecule has 31 heavy (non-hydrogen) atoms. The van der Waals surface area contributed by atoms with Crippen LogP contribution in [0.25, 0.3) is 16.6 Å². The van der Waals surface area contributed by atoms with Crippen molar-refractivity contribution in [3.8, 4) is 5.75 Å². The Morgan fingerprint density at radius 2 is 1.97 bits per heavy atom. The van der Waals surface area contributed by atoms with Crippen molar-refractivity contribution in [1.82, 2.24) is 24.5 Å². The fourth-order valence-corrected chi connectivity index (χ4v) is 4.69. The molecule has 0 bridgehead atoms. The third-order valence-electron chi connectivity index (χ3n) is 6.35. The van der Waals surface area contributed by atoms with E-state index >= 15 is 0 Å². The number of ether oxygens (including phenoxy) is 1. The molecule has 0 unspecified atom stereocenters. The second-order valence-electron chi connectivity index (χ2n) is 8.28. The molecule has 0 radical (unpaired) electrons. The topological polar surface area (TPSA) is 76.7 Å². The second kappa shape index (κ2) is 7.09. The first-order valence-electron chi connectivity index (χ1n) is 10.8. The summed E-state index contributed by atoms with van der Waals surface area (Å²) in [7, 11) is 1.79. The lowest BCUT2D eigenvalue weighted by Crippen LogP contribution is -2.55. The highest BCUT2D eigenvalue weighted by atomic mass is 16.5. The van der Waals surface area contributed by atoms with Crippen LogP contribution in [-0.4, -0.2) is 51.4 Å². The van der Waals surface area contributed by atoms with Crippen LogP contribution in [0.3, 0.4) is 0 Å². The van der Waals surface area contributed by atoms with Crippen LogP contribution in [0.15, 0.2) is 47.4 Å². The number of aryl methyl sites for hydroxylation is 1. The molecular weight excluding hydrogens is 392 g/mol. The zero-order valence-electron chi connectivity index (χ0n) is 17.4. The lowest BCUT2D eigenvalue weighted by Gasteiger charge is -2.41. The van der Waals surface area contributed by atoms with Crippen LogP contribution < -0.4 is 20.5 Å². The summed E-state index contributed by atoms with van der Waals surface area (Å²) < 4.78 is 9.98. The van der Waals surface area contributed by atoms with Crippen molar-refractivity contribution in [1.29, 1.82) is 0 Å². The van der Waals surface area contributed by atoms with Gasteiger partial charge in [-0.1, -0.05) is 6.07 Å². The summed E-state index contributed by atoms with van der Waals surface area (Å²) in [5.41, 5.74) is 4.23. The van der Waals surface area contributed by atoms with Gasteiger partial charge in [0.25, 0.3) is 5.56 Å². The molecule has 8 heteroatoms. The third-order valence-corrected chi connectivity index (χ3v) is 6.35. The smallest absolute Gasteiger partial charge is 0.250 e. The molecule has 0 aliphatic carbocycles. The Kier molecular flexibility index (Phi) is 4.21. The number of benzene rings is 1. The molecule has 6 rings (SSSR count). The van der Waals surface area contributed by atoms with E-state index in [0.29, 0.717) is 0 Å². The van der Waals surface area contributed by atoms with Crippen LogP contribution in [0, 0.1) is 0 Å². The minimum atomic E-state index is -0.0180. The Hall–Kier alpha value is -3.39. The van der Waals surface area contributed by atoms with Gasteiger partial charge in [0.15, 0.2) is 5.65 Å². The van der Waals surface area contributed by atoms with Crippen molar-refractivity contribution in [3.05, 3.63) is 64.2 Å². The van der Waals surface area contributed by atoms with E-state index in [1.807, 2.05) is 41.0 Å². The van der Waals surface area contributed by atoms with E-state index in [1.54, 1.807) is 17.7 Å². The fraction of sp³-hybridized carbons (Fsp3) is 0.348. The SMILES string of the molecule is Cn1c(=O)ccc2c(OC3CN(c4c5c(nc6ccnn46)CCNCC5)C3)cccc21. The van der Waals surface area contributed by atoms with Gasteiger partial charge in [-0.25, -0.2) is 4.98 Å². The quantitative estimate of drug-likeness (QED) is 0.546. The first-order valence-corrected chi connectivity index (χ1v) is 10.8. The molecule has 4 aromatic rings. The number of rotatable bonds is 3. The molecule has 2 aliphatic rings. The maximum atomic E-state index is 12.0. The number of nitrogens with one attached hydrogen (secondary N) is 1.